The summed E-state index contributed by atoms with van der Waals surface area (Å²) in [5.74, 6) is 0.132. The van der Waals surface area contributed by atoms with Gasteiger partial charge in [0.25, 0.3) is 0 Å². The maximum atomic E-state index is 13.4. The zero-order valence-electron chi connectivity index (χ0n) is 9.64. The third-order valence-corrected chi connectivity index (χ3v) is 3.46. The number of aromatic hydroxyl groups is 1. The molecule has 0 fully saturated rings. The maximum absolute atomic E-state index is 13.4. The minimum absolute atomic E-state index is 0.101. The molecule has 0 bridgehead atoms. The van der Waals surface area contributed by atoms with Crippen LogP contribution in [0, 0.1) is 12.7 Å². The standard InChI is InChI=1S/C13H11FO3S/c1-8-6-11(15)12(13(16)17-8)18-7-9-4-2-3-5-10(9)14/h2-6,15H,7H2,1H3. The number of aryl methyl sites for hydroxylation is 1. The monoisotopic (exact) mass is 266 g/mol. The van der Waals surface area contributed by atoms with Crippen molar-refractivity contribution in [1.29, 1.82) is 0 Å². The summed E-state index contributed by atoms with van der Waals surface area (Å²) >= 11 is 1.05. The molecule has 0 aliphatic rings. The third kappa shape index (κ3) is 2.73. The molecule has 94 valence electrons. The van der Waals surface area contributed by atoms with Crippen LogP contribution in [-0.4, -0.2) is 5.11 Å². The molecule has 2 rings (SSSR count). The first-order valence-corrected chi connectivity index (χ1v) is 6.26. The smallest absolute Gasteiger partial charge is 0.353 e. The molecule has 1 heterocycles. The van der Waals surface area contributed by atoms with Gasteiger partial charge in [-0.25, -0.2) is 9.18 Å². The molecule has 1 aromatic carbocycles. The van der Waals surface area contributed by atoms with Gasteiger partial charge in [0.1, 0.15) is 22.2 Å². The summed E-state index contributed by atoms with van der Waals surface area (Å²) in [4.78, 5) is 11.6. The van der Waals surface area contributed by atoms with Gasteiger partial charge >= 0.3 is 5.63 Å². The van der Waals surface area contributed by atoms with Crippen LogP contribution in [0.25, 0.3) is 0 Å². The number of rotatable bonds is 3. The van der Waals surface area contributed by atoms with E-state index in [9.17, 15) is 14.3 Å². The molecular weight excluding hydrogens is 255 g/mol. The van der Waals surface area contributed by atoms with Crippen LogP contribution in [0.4, 0.5) is 4.39 Å². The van der Waals surface area contributed by atoms with Gasteiger partial charge < -0.3 is 9.52 Å². The van der Waals surface area contributed by atoms with Gasteiger partial charge in [-0.1, -0.05) is 18.2 Å². The first-order valence-electron chi connectivity index (χ1n) is 5.28. The largest absolute Gasteiger partial charge is 0.506 e. The number of thioether (sulfide) groups is 1. The van der Waals surface area contributed by atoms with Crippen molar-refractivity contribution < 1.29 is 13.9 Å². The van der Waals surface area contributed by atoms with Crippen molar-refractivity contribution >= 4 is 11.8 Å². The summed E-state index contributed by atoms with van der Waals surface area (Å²) in [6.45, 7) is 1.58. The van der Waals surface area contributed by atoms with Crippen molar-refractivity contribution in [3.63, 3.8) is 0 Å². The number of benzene rings is 1. The highest BCUT2D eigenvalue weighted by Gasteiger charge is 2.11. The van der Waals surface area contributed by atoms with Crippen molar-refractivity contribution in [2.75, 3.05) is 0 Å². The lowest BCUT2D eigenvalue weighted by Crippen LogP contribution is -2.03. The van der Waals surface area contributed by atoms with E-state index in [0.29, 0.717) is 11.3 Å². The summed E-state index contributed by atoms with van der Waals surface area (Å²) in [7, 11) is 0. The van der Waals surface area contributed by atoms with Gasteiger partial charge in [0.2, 0.25) is 0 Å². The van der Waals surface area contributed by atoms with E-state index in [1.54, 1.807) is 25.1 Å². The molecular formula is C13H11FO3S. The molecule has 5 heteroatoms. The normalized spacial score (nSPS) is 10.6. The highest BCUT2D eigenvalue weighted by molar-refractivity contribution is 7.98. The summed E-state index contributed by atoms with van der Waals surface area (Å²) in [6, 6.07) is 7.67. The minimum atomic E-state index is -0.603. The fourth-order valence-corrected chi connectivity index (χ4v) is 2.38. The van der Waals surface area contributed by atoms with E-state index < -0.39 is 5.63 Å². The molecule has 3 nitrogen and oxygen atoms in total. The van der Waals surface area contributed by atoms with Crippen LogP contribution in [-0.2, 0) is 5.75 Å². The molecule has 0 aliphatic heterocycles. The number of hydrogen-bond donors (Lipinski definition) is 1. The van der Waals surface area contributed by atoms with Gasteiger partial charge in [-0.05, 0) is 18.6 Å². The van der Waals surface area contributed by atoms with Gasteiger partial charge in [-0.3, -0.25) is 0 Å². The van der Waals surface area contributed by atoms with Crippen LogP contribution in [0.2, 0.25) is 0 Å². The maximum Gasteiger partial charge on any atom is 0.353 e. The molecule has 0 saturated heterocycles. The van der Waals surface area contributed by atoms with Crippen molar-refractivity contribution in [2.45, 2.75) is 17.6 Å². The number of hydrogen-bond acceptors (Lipinski definition) is 4. The van der Waals surface area contributed by atoms with Crippen molar-refractivity contribution in [3.05, 3.63) is 57.9 Å². The van der Waals surface area contributed by atoms with Crippen LogP contribution in [0.5, 0.6) is 5.75 Å². The highest BCUT2D eigenvalue weighted by Crippen LogP contribution is 2.28. The van der Waals surface area contributed by atoms with Gasteiger partial charge in [0.15, 0.2) is 0 Å². The van der Waals surface area contributed by atoms with Gasteiger partial charge in [-0.15, -0.1) is 11.8 Å². The van der Waals surface area contributed by atoms with Crippen LogP contribution in [0.3, 0.4) is 0 Å². The summed E-state index contributed by atoms with van der Waals surface area (Å²) in [5, 5.41) is 9.64. The third-order valence-electron chi connectivity index (χ3n) is 2.34. The lowest BCUT2D eigenvalue weighted by molar-refractivity contribution is 0.412. The van der Waals surface area contributed by atoms with Crippen LogP contribution >= 0.6 is 11.8 Å². The van der Waals surface area contributed by atoms with Crippen LogP contribution in [0.15, 0.2) is 44.4 Å². The second-order valence-corrected chi connectivity index (χ2v) is 4.72. The Kier molecular flexibility index (Phi) is 3.72. The average molecular weight is 266 g/mol. The molecule has 0 atom stereocenters. The minimum Gasteiger partial charge on any atom is -0.506 e. The van der Waals surface area contributed by atoms with Crippen molar-refractivity contribution in [2.24, 2.45) is 0 Å². The lowest BCUT2D eigenvalue weighted by Gasteiger charge is -2.04. The van der Waals surface area contributed by atoms with E-state index in [4.69, 9.17) is 4.42 Å². The molecule has 0 saturated carbocycles. The summed E-state index contributed by atoms with van der Waals surface area (Å²) in [6.07, 6.45) is 0. The fourth-order valence-electron chi connectivity index (χ4n) is 1.48. The molecule has 0 spiro atoms. The molecule has 18 heavy (non-hydrogen) atoms. The van der Waals surface area contributed by atoms with Crippen LogP contribution < -0.4 is 5.63 Å². The SMILES string of the molecule is Cc1cc(O)c(SCc2ccccc2F)c(=O)o1. The molecule has 0 radical (unpaired) electrons. The van der Waals surface area contributed by atoms with Gasteiger partial charge in [0, 0.05) is 11.8 Å². The van der Waals surface area contributed by atoms with E-state index in [1.165, 1.54) is 12.1 Å². The Bertz CT molecular complexity index is 622. The van der Waals surface area contributed by atoms with E-state index in [0.717, 1.165) is 11.8 Å². The van der Waals surface area contributed by atoms with Crippen LogP contribution in [0.1, 0.15) is 11.3 Å². The molecule has 0 unspecified atom stereocenters. The Morgan fingerprint density at radius 1 is 1.39 bits per heavy atom. The molecule has 0 aliphatic carbocycles. The van der Waals surface area contributed by atoms with E-state index in [1.807, 2.05) is 0 Å². The topological polar surface area (TPSA) is 50.4 Å². The first-order chi connectivity index (χ1) is 8.58. The Morgan fingerprint density at radius 2 is 2.11 bits per heavy atom. The fraction of sp³-hybridized carbons (Fsp3) is 0.154. The van der Waals surface area contributed by atoms with E-state index >= 15 is 0 Å². The van der Waals surface area contributed by atoms with Crippen molar-refractivity contribution in [3.8, 4) is 5.75 Å². The quantitative estimate of drug-likeness (QED) is 0.867. The molecule has 2 aromatic rings. The predicted molar refractivity (Wildman–Crippen MR) is 67.3 cm³/mol. The van der Waals surface area contributed by atoms with Crippen molar-refractivity contribution in [1.82, 2.24) is 0 Å². The summed E-state index contributed by atoms with van der Waals surface area (Å²) in [5.41, 5.74) is -0.129. The van der Waals surface area contributed by atoms with E-state index in [-0.39, 0.29) is 22.2 Å². The Morgan fingerprint density at radius 3 is 2.78 bits per heavy atom. The second-order valence-electron chi connectivity index (χ2n) is 3.74. The van der Waals surface area contributed by atoms with Gasteiger partial charge in [0.05, 0.1) is 0 Å². The zero-order chi connectivity index (χ0) is 13.1. The van der Waals surface area contributed by atoms with E-state index in [2.05, 4.69) is 0 Å². The molecule has 1 aromatic heterocycles. The molecule has 1 N–H and O–H groups in total. The second kappa shape index (κ2) is 5.27. The first kappa shape index (κ1) is 12.7. The Balaban J connectivity index is 2.22. The zero-order valence-corrected chi connectivity index (χ0v) is 10.5. The lowest BCUT2D eigenvalue weighted by atomic mass is 10.2. The Labute approximate surface area is 107 Å². The highest BCUT2D eigenvalue weighted by atomic mass is 32.2. The predicted octanol–water partition coefficient (Wildman–Crippen LogP) is 3.09. The number of halogens is 1. The molecule has 0 amide bonds. The summed E-state index contributed by atoms with van der Waals surface area (Å²) < 4.78 is 18.3. The average Bonchev–Trinajstić information content (AvgIpc) is 2.30. The Hall–Kier alpha value is -1.75. The van der Waals surface area contributed by atoms with Gasteiger partial charge in [-0.2, -0.15) is 0 Å².